The number of benzene rings is 2. The van der Waals surface area contributed by atoms with Crippen molar-refractivity contribution < 1.29 is 23.1 Å². The van der Waals surface area contributed by atoms with Gasteiger partial charge in [-0.3, -0.25) is 4.31 Å². The molecule has 1 N–H and O–H groups in total. The van der Waals surface area contributed by atoms with Gasteiger partial charge in [0, 0.05) is 12.0 Å². The second-order valence-electron chi connectivity index (χ2n) is 7.59. The number of anilines is 1. The lowest BCUT2D eigenvalue weighted by Gasteiger charge is -2.25. The highest BCUT2D eigenvalue weighted by atomic mass is 32.2. The van der Waals surface area contributed by atoms with E-state index in [2.05, 4.69) is 0 Å². The summed E-state index contributed by atoms with van der Waals surface area (Å²) in [6.45, 7) is 6.12. The third-order valence-electron chi connectivity index (χ3n) is 4.81. The van der Waals surface area contributed by atoms with Crippen molar-refractivity contribution >= 4 is 21.7 Å². The summed E-state index contributed by atoms with van der Waals surface area (Å²) in [5.74, 6) is -0.706. The molecule has 1 heterocycles. The molecule has 0 saturated carbocycles. The zero-order chi connectivity index (χ0) is 20.0. The third kappa shape index (κ3) is 3.27. The van der Waals surface area contributed by atoms with E-state index in [4.69, 9.17) is 4.74 Å². The number of carboxylic acids is 1. The van der Waals surface area contributed by atoms with Crippen molar-refractivity contribution in [3.05, 3.63) is 53.6 Å². The molecule has 0 aromatic heterocycles. The van der Waals surface area contributed by atoms with Gasteiger partial charge in [-0.2, -0.15) is 0 Å². The predicted octanol–water partition coefficient (Wildman–Crippen LogP) is 3.20. The van der Waals surface area contributed by atoms with Gasteiger partial charge in [-0.15, -0.1) is 0 Å². The van der Waals surface area contributed by atoms with Crippen LogP contribution in [0.5, 0.6) is 5.75 Å². The molecule has 144 valence electrons. The lowest BCUT2D eigenvalue weighted by Crippen LogP contribution is -2.42. The third-order valence-corrected chi connectivity index (χ3v) is 6.65. The van der Waals surface area contributed by atoms with Gasteiger partial charge in [0.05, 0.1) is 17.7 Å². The van der Waals surface area contributed by atoms with E-state index in [0.717, 1.165) is 9.87 Å². The molecule has 1 unspecified atom stereocenters. The SMILES string of the molecule is COc1cccc2c1CC(C(=O)O)N2S(=O)(=O)c1ccc(C(C)(C)C)cc1. The highest BCUT2D eigenvalue weighted by Gasteiger charge is 2.43. The Hall–Kier alpha value is -2.54. The number of hydrogen-bond acceptors (Lipinski definition) is 4. The number of aliphatic carboxylic acids is 1. The molecular weight excluding hydrogens is 366 g/mol. The summed E-state index contributed by atoms with van der Waals surface area (Å²) in [7, 11) is -2.56. The average Bonchev–Trinajstić information content (AvgIpc) is 3.01. The Morgan fingerprint density at radius 2 is 1.78 bits per heavy atom. The van der Waals surface area contributed by atoms with Crippen molar-refractivity contribution in [2.75, 3.05) is 11.4 Å². The number of methoxy groups -OCH3 is 1. The highest BCUT2D eigenvalue weighted by molar-refractivity contribution is 7.93. The zero-order valence-electron chi connectivity index (χ0n) is 15.8. The molecule has 6 nitrogen and oxygen atoms in total. The summed E-state index contributed by atoms with van der Waals surface area (Å²) in [6.07, 6.45) is 0.0635. The Bertz CT molecular complexity index is 974. The summed E-state index contributed by atoms with van der Waals surface area (Å²) in [5, 5.41) is 9.63. The van der Waals surface area contributed by atoms with Crippen LogP contribution in [-0.4, -0.2) is 32.6 Å². The minimum absolute atomic E-state index is 0.0635. The first-order valence-corrected chi connectivity index (χ1v) is 10.0. The lowest BCUT2D eigenvalue weighted by atomic mass is 9.87. The predicted molar refractivity (Wildman–Crippen MR) is 103 cm³/mol. The van der Waals surface area contributed by atoms with Gasteiger partial charge in [0.2, 0.25) is 0 Å². The van der Waals surface area contributed by atoms with Crippen molar-refractivity contribution in [2.45, 2.75) is 43.5 Å². The van der Waals surface area contributed by atoms with Crippen molar-refractivity contribution in [2.24, 2.45) is 0 Å². The fraction of sp³-hybridized carbons (Fsp3) is 0.350. The first-order valence-electron chi connectivity index (χ1n) is 8.61. The Morgan fingerprint density at radius 3 is 2.30 bits per heavy atom. The van der Waals surface area contributed by atoms with E-state index < -0.39 is 22.0 Å². The minimum Gasteiger partial charge on any atom is -0.496 e. The molecule has 7 heteroatoms. The zero-order valence-corrected chi connectivity index (χ0v) is 16.6. The van der Waals surface area contributed by atoms with E-state index in [1.807, 2.05) is 20.8 Å². The van der Waals surface area contributed by atoms with E-state index in [-0.39, 0.29) is 16.7 Å². The number of carboxylic acid groups (broad SMARTS) is 1. The first kappa shape index (κ1) is 19.2. The van der Waals surface area contributed by atoms with Gasteiger partial charge in [-0.05, 0) is 35.2 Å². The van der Waals surface area contributed by atoms with Crippen LogP contribution in [0.3, 0.4) is 0 Å². The van der Waals surface area contributed by atoms with Gasteiger partial charge in [0.25, 0.3) is 10.0 Å². The normalized spacial score (nSPS) is 16.9. The van der Waals surface area contributed by atoms with Crippen LogP contribution in [0.4, 0.5) is 5.69 Å². The second kappa shape index (κ2) is 6.56. The molecule has 0 aliphatic carbocycles. The standard InChI is InChI=1S/C20H23NO5S/c1-20(2,3)13-8-10-14(11-9-13)27(24,25)21-16-6-5-7-18(26-4)15(16)12-17(21)19(22)23/h5-11,17H,12H2,1-4H3,(H,22,23). The number of hydrogen-bond donors (Lipinski definition) is 1. The van der Waals surface area contributed by atoms with E-state index in [1.165, 1.54) is 19.2 Å². The molecule has 3 rings (SSSR count). The van der Waals surface area contributed by atoms with Crippen LogP contribution in [0.15, 0.2) is 47.4 Å². The Balaban J connectivity index is 2.11. The number of rotatable bonds is 4. The van der Waals surface area contributed by atoms with Crippen molar-refractivity contribution in [3.8, 4) is 5.75 Å². The molecule has 27 heavy (non-hydrogen) atoms. The summed E-state index contributed by atoms with van der Waals surface area (Å²) in [4.78, 5) is 11.9. The molecule has 1 aliphatic rings. The van der Waals surface area contributed by atoms with Crippen LogP contribution >= 0.6 is 0 Å². The smallest absolute Gasteiger partial charge is 0.327 e. The Kier molecular flexibility index (Phi) is 4.67. The molecular formula is C20H23NO5S. The fourth-order valence-corrected chi connectivity index (χ4v) is 4.96. The monoisotopic (exact) mass is 389 g/mol. The van der Waals surface area contributed by atoms with Crippen molar-refractivity contribution in [1.82, 2.24) is 0 Å². The molecule has 0 bridgehead atoms. The Morgan fingerprint density at radius 1 is 1.15 bits per heavy atom. The quantitative estimate of drug-likeness (QED) is 0.868. The Labute approximate surface area is 159 Å². The number of sulfonamides is 1. The first-order chi connectivity index (χ1) is 12.6. The maximum absolute atomic E-state index is 13.3. The largest absolute Gasteiger partial charge is 0.496 e. The van der Waals surface area contributed by atoms with E-state index >= 15 is 0 Å². The number of carbonyl (C=O) groups is 1. The summed E-state index contributed by atoms with van der Waals surface area (Å²) in [5.41, 5.74) is 1.82. The maximum Gasteiger partial charge on any atom is 0.327 e. The molecule has 0 amide bonds. The summed E-state index contributed by atoms with van der Waals surface area (Å²) >= 11 is 0. The van der Waals surface area contributed by atoms with E-state index in [0.29, 0.717) is 17.0 Å². The van der Waals surface area contributed by atoms with Crippen molar-refractivity contribution in [3.63, 3.8) is 0 Å². The van der Waals surface area contributed by atoms with Crippen LogP contribution < -0.4 is 9.04 Å². The van der Waals surface area contributed by atoms with Crippen LogP contribution in [0, 0.1) is 0 Å². The number of nitrogens with zero attached hydrogens (tertiary/aromatic N) is 1. The van der Waals surface area contributed by atoms with Crippen LogP contribution in [0.1, 0.15) is 31.9 Å². The van der Waals surface area contributed by atoms with Gasteiger partial charge >= 0.3 is 5.97 Å². The lowest BCUT2D eigenvalue weighted by molar-refractivity contribution is -0.138. The molecule has 1 aliphatic heterocycles. The molecule has 0 spiro atoms. The number of fused-ring (bicyclic) bond motifs is 1. The van der Waals surface area contributed by atoms with Crippen molar-refractivity contribution in [1.29, 1.82) is 0 Å². The van der Waals surface area contributed by atoms with Gasteiger partial charge in [0.15, 0.2) is 0 Å². The average molecular weight is 389 g/mol. The second-order valence-corrected chi connectivity index (χ2v) is 9.41. The molecule has 1 atom stereocenters. The topological polar surface area (TPSA) is 83.9 Å². The van der Waals surface area contributed by atoms with Gasteiger partial charge in [-0.25, -0.2) is 13.2 Å². The van der Waals surface area contributed by atoms with Crippen LogP contribution in [0.25, 0.3) is 0 Å². The summed E-state index contributed by atoms with van der Waals surface area (Å²) in [6, 6.07) is 10.4. The maximum atomic E-state index is 13.3. The van der Waals surface area contributed by atoms with Gasteiger partial charge in [0.1, 0.15) is 11.8 Å². The molecule has 0 radical (unpaired) electrons. The van der Waals surface area contributed by atoms with E-state index in [9.17, 15) is 18.3 Å². The minimum atomic E-state index is -4.04. The summed E-state index contributed by atoms with van der Waals surface area (Å²) < 4.78 is 32.9. The molecule has 2 aromatic carbocycles. The van der Waals surface area contributed by atoms with Gasteiger partial charge < -0.3 is 9.84 Å². The fourth-order valence-electron chi connectivity index (χ4n) is 3.33. The highest BCUT2D eigenvalue weighted by Crippen LogP contribution is 2.41. The molecule has 0 saturated heterocycles. The van der Waals surface area contributed by atoms with Gasteiger partial charge in [-0.1, -0.05) is 39.0 Å². The molecule has 2 aromatic rings. The van der Waals surface area contributed by atoms with E-state index in [1.54, 1.807) is 30.3 Å². The number of ether oxygens (including phenoxy) is 1. The molecule has 0 fully saturated rings. The van der Waals surface area contributed by atoms with Crippen LogP contribution in [0.2, 0.25) is 0 Å². The van der Waals surface area contributed by atoms with Crippen LogP contribution in [-0.2, 0) is 26.7 Å².